The number of halogens is 2. The van der Waals surface area contributed by atoms with Crippen LogP contribution >= 0.6 is 0 Å². The van der Waals surface area contributed by atoms with Crippen LogP contribution in [0.2, 0.25) is 0 Å². The molecule has 4 heterocycles. The first-order valence-corrected chi connectivity index (χ1v) is 11.5. The Bertz CT molecular complexity index is 1360. The molecule has 35 heavy (non-hydrogen) atoms. The standard InChI is InChI=1S/C25H23F2N5O3/c26-24(27)35-20-4-2-1-3-17(20)18-11-19(33)22-23(18)32-14-15(5-6-21(32)30-22)16-12-28-25(29-13-16)31-7-9-34-10-8-31/h1-6,12-14,18-19,24,33H,7-11H2/t18-,19-/m1/s1. The Morgan fingerprint density at radius 3 is 2.57 bits per heavy atom. The van der Waals surface area contributed by atoms with E-state index in [0.717, 1.165) is 29.9 Å². The number of alkyl halides is 2. The molecule has 0 spiro atoms. The Balaban J connectivity index is 1.38. The van der Waals surface area contributed by atoms with Crippen LogP contribution in [0.15, 0.2) is 55.0 Å². The van der Waals surface area contributed by atoms with Gasteiger partial charge in [-0.15, -0.1) is 0 Å². The van der Waals surface area contributed by atoms with Crippen molar-refractivity contribution in [3.8, 4) is 16.9 Å². The summed E-state index contributed by atoms with van der Waals surface area (Å²) in [4.78, 5) is 15.8. The van der Waals surface area contributed by atoms with Crippen molar-refractivity contribution >= 4 is 11.6 Å². The van der Waals surface area contributed by atoms with Gasteiger partial charge in [-0.1, -0.05) is 18.2 Å². The molecule has 1 saturated heterocycles. The maximum atomic E-state index is 13.0. The second-order valence-electron chi connectivity index (χ2n) is 8.62. The molecule has 1 aromatic carbocycles. The maximum Gasteiger partial charge on any atom is 0.387 e. The molecule has 0 bridgehead atoms. The fourth-order valence-electron chi connectivity index (χ4n) is 4.93. The molecule has 2 aliphatic rings. The Morgan fingerprint density at radius 1 is 1.03 bits per heavy atom. The molecular formula is C25H23F2N5O3. The Labute approximate surface area is 199 Å². The molecule has 1 N–H and O–H groups in total. The third-order valence-corrected chi connectivity index (χ3v) is 6.56. The lowest BCUT2D eigenvalue weighted by atomic mass is 9.95. The van der Waals surface area contributed by atoms with Gasteiger partial charge in [0.05, 0.1) is 30.7 Å². The molecule has 4 aromatic rings. The van der Waals surface area contributed by atoms with Crippen molar-refractivity contribution in [3.63, 3.8) is 0 Å². The number of aliphatic hydroxyl groups excluding tert-OH is 1. The number of benzene rings is 1. The van der Waals surface area contributed by atoms with Crippen LogP contribution < -0.4 is 9.64 Å². The number of fused-ring (bicyclic) bond motifs is 3. The normalized spacial score (nSPS) is 19.9. The number of imidazole rings is 1. The zero-order valence-electron chi connectivity index (χ0n) is 18.7. The van der Waals surface area contributed by atoms with Gasteiger partial charge < -0.3 is 23.9 Å². The van der Waals surface area contributed by atoms with Crippen molar-refractivity contribution in [1.29, 1.82) is 0 Å². The largest absolute Gasteiger partial charge is 0.435 e. The average Bonchev–Trinajstić information content (AvgIpc) is 3.42. The van der Waals surface area contributed by atoms with Gasteiger partial charge in [0.25, 0.3) is 0 Å². The van der Waals surface area contributed by atoms with Crippen LogP contribution in [0.25, 0.3) is 16.8 Å². The second kappa shape index (κ2) is 8.86. The number of ether oxygens (including phenoxy) is 2. The number of aromatic nitrogens is 4. The summed E-state index contributed by atoms with van der Waals surface area (Å²) >= 11 is 0. The molecule has 0 radical (unpaired) electrons. The molecule has 1 aliphatic carbocycles. The summed E-state index contributed by atoms with van der Waals surface area (Å²) < 4.78 is 38.1. The van der Waals surface area contributed by atoms with Gasteiger partial charge in [0, 0.05) is 54.3 Å². The highest BCUT2D eigenvalue weighted by Gasteiger charge is 2.37. The van der Waals surface area contributed by atoms with Gasteiger partial charge in [-0.05, 0) is 24.6 Å². The molecule has 2 atom stereocenters. The summed E-state index contributed by atoms with van der Waals surface area (Å²) in [7, 11) is 0. The van der Waals surface area contributed by atoms with Gasteiger partial charge in [-0.3, -0.25) is 0 Å². The topological polar surface area (TPSA) is 85.0 Å². The Morgan fingerprint density at radius 2 is 1.80 bits per heavy atom. The summed E-state index contributed by atoms with van der Waals surface area (Å²) in [6, 6.07) is 10.5. The van der Waals surface area contributed by atoms with Gasteiger partial charge in [0.1, 0.15) is 11.4 Å². The lowest BCUT2D eigenvalue weighted by Crippen LogP contribution is -2.37. The number of rotatable bonds is 5. The van der Waals surface area contributed by atoms with E-state index in [1.165, 1.54) is 6.07 Å². The molecule has 8 nitrogen and oxygen atoms in total. The van der Waals surface area contributed by atoms with Crippen molar-refractivity contribution < 1.29 is 23.4 Å². The third-order valence-electron chi connectivity index (χ3n) is 6.56. The Kier molecular flexibility index (Phi) is 5.54. The van der Waals surface area contributed by atoms with E-state index in [2.05, 4.69) is 19.9 Å². The number of pyridine rings is 1. The molecule has 0 saturated carbocycles. The number of anilines is 1. The predicted molar refractivity (Wildman–Crippen MR) is 124 cm³/mol. The van der Waals surface area contributed by atoms with E-state index in [0.29, 0.717) is 42.5 Å². The first kappa shape index (κ1) is 21.9. The second-order valence-corrected chi connectivity index (χ2v) is 8.62. The Hall–Kier alpha value is -3.63. The van der Waals surface area contributed by atoms with Gasteiger partial charge >= 0.3 is 6.61 Å². The van der Waals surface area contributed by atoms with Crippen molar-refractivity contribution in [3.05, 3.63) is 71.9 Å². The lowest BCUT2D eigenvalue weighted by molar-refractivity contribution is -0.0506. The predicted octanol–water partition coefficient (Wildman–Crippen LogP) is 3.80. The summed E-state index contributed by atoms with van der Waals surface area (Å²) in [5.41, 5.74) is 4.30. The van der Waals surface area contributed by atoms with Crippen LogP contribution in [-0.2, 0) is 4.74 Å². The molecule has 0 amide bonds. The molecule has 0 unspecified atom stereocenters. The fourth-order valence-corrected chi connectivity index (χ4v) is 4.93. The average molecular weight is 479 g/mol. The van der Waals surface area contributed by atoms with Crippen LogP contribution in [0.5, 0.6) is 5.75 Å². The lowest BCUT2D eigenvalue weighted by Gasteiger charge is -2.26. The van der Waals surface area contributed by atoms with E-state index >= 15 is 0 Å². The number of morpholine rings is 1. The smallest absolute Gasteiger partial charge is 0.387 e. The molecule has 180 valence electrons. The van der Waals surface area contributed by atoms with Crippen LogP contribution in [0.4, 0.5) is 14.7 Å². The van der Waals surface area contributed by atoms with Crippen LogP contribution in [0.3, 0.4) is 0 Å². The van der Waals surface area contributed by atoms with Gasteiger partial charge in [0.15, 0.2) is 0 Å². The van der Waals surface area contributed by atoms with Gasteiger partial charge in [-0.2, -0.15) is 8.78 Å². The molecule has 6 rings (SSSR count). The minimum absolute atomic E-state index is 0.103. The van der Waals surface area contributed by atoms with Gasteiger partial charge in [0.2, 0.25) is 5.95 Å². The highest BCUT2D eigenvalue weighted by molar-refractivity contribution is 5.65. The molecule has 3 aromatic heterocycles. The van der Waals surface area contributed by atoms with Crippen molar-refractivity contribution in [2.45, 2.75) is 25.1 Å². The highest BCUT2D eigenvalue weighted by Crippen LogP contribution is 2.47. The summed E-state index contributed by atoms with van der Waals surface area (Å²) in [5.74, 6) is 0.423. The number of nitrogens with zero attached hydrogens (tertiary/aromatic N) is 5. The molecule has 1 aliphatic heterocycles. The summed E-state index contributed by atoms with van der Waals surface area (Å²) in [5, 5.41) is 10.7. The first-order valence-electron chi connectivity index (χ1n) is 11.5. The maximum absolute atomic E-state index is 13.0. The van der Waals surface area contributed by atoms with Crippen LogP contribution in [0, 0.1) is 0 Å². The van der Waals surface area contributed by atoms with E-state index in [1.54, 1.807) is 30.6 Å². The number of aliphatic hydroxyl groups is 1. The minimum atomic E-state index is -2.93. The monoisotopic (exact) mass is 479 g/mol. The zero-order chi connectivity index (χ0) is 23.9. The summed E-state index contributed by atoms with van der Waals surface area (Å²) in [6.45, 7) is -0.103. The van der Waals surface area contributed by atoms with E-state index in [9.17, 15) is 13.9 Å². The summed E-state index contributed by atoms with van der Waals surface area (Å²) in [6.07, 6.45) is 5.04. The van der Waals surface area contributed by atoms with E-state index < -0.39 is 12.7 Å². The molecular weight excluding hydrogens is 456 g/mol. The number of hydrogen-bond acceptors (Lipinski definition) is 7. The van der Waals surface area contributed by atoms with Crippen molar-refractivity contribution in [1.82, 2.24) is 19.4 Å². The third kappa shape index (κ3) is 3.98. The zero-order valence-corrected chi connectivity index (χ0v) is 18.7. The molecule has 10 heteroatoms. The van der Waals surface area contributed by atoms with Crippen LogP contribution in [-0.4, -0.2) is 57.4 Å². The SMILES string of the molecule is O[C@@H]1C[C@H](c2ccccc2OC(F)F)c2c1nc1ccc(-c3cnc(N4CCOCC4)nc3)cn21. The number of para-hydroxylation sites is 1. The minimum Gasteiger partial charge on any atom is -0.435 e. The van der Waals surface area contributed by atoms with E-state index in [1.807, 2.05) is 22.7 Å². The van der Waals surface area contributed by atoms with E-state index in [4.69, 9.17) is 9.47 Å². The quantitative estimate of drug-likeness (QED) is 0.466. The van der Waals surface area contributed by atoms with Crippen molar-refractivity contribution in [2.24, 2.45) is 0 Å². The van der Waals surface area contributed by atoms with Crippen molar-refractivity contribution in [2.75, 3.05) is 31.2 Å². The first-order chi connectivity index (χ1) is 17.1. The fraction of sp³-hybridized carbons (Fsp3) is 0.320. The molecule has 1 fully saturated rings. The highest BCUT2D eigenvalue weighted by atomic mass is 19.3. The van der Waals surface area contributed by atoms with Crippen LogP contribution in [0.1, 0.15) is 35.4 Å². The van der Waals surface area contributed by atoms with E-state index in [-0.39, 0.29) is 11.7 Å². The number of hydrogen-bond donors (Lipinski definition) is 1. The van der Waals surface area contributed by atoms with Gasteiger partial charge in [-0.25, -0.2) is 15.0 Å².